The van der Waals surface area contributed by atoms with Crippen LogP contribution in [0.25, 0.3) is 5.65 Å². The van der Waals surface area contributed by atoms with E-state index in [1.165, 1.54) is 0 Å². The summed E-state index contributed by atoms with van der Waals surface area (Å²) in [5, 5.41) is 9.21. The molecule has 0 spiro atoms. The summed E-state index contributed by atoms with van der Waals surface area (Å²) >= 11 is 1.67. The van der Waals surface area contributed by atoms with E-state index in [-0.39, 0.29) is 0 Å². The van der Waals surface area contributed by atoms with Crippen molar-refractivity contribution >= 4 is 23.1 Å². The van der Waals surface area contributed by atoms with Gasteiger partial charge in [-0.05, 0) is 30.7 Å². The van der Waals surface area contributed by atoms with Crippen LogP contribution in [0, 0.1) is 0 Å². The van der Waals surface area contributed by atoms with E-state index < -0.39 is 0 Å². The molecule has 0 unspecified atom stereocenters. The molecule has 2 N–H and O–H groups in total. The predicted octanol–water partition coefficient (Wildman–Crippen LogP) is 2.87. The van der Waals surface area contributed by atoms with Crippen molar-refractivity contribution in [2.75, 3.05) is 18.1 Å². The van der Waals surface area contributed by atoms with Gasteiger partial charge in [0, 0.05) is 11.9 Å². The van der Waals surface area contributed by atoms with Crippen LogP contribution in [0.5, 0.6) is 5.75 Å². The summed E-state index contributed by atoms with van der Waals surface area (Å²) in [7, 11) is 0. The molecular weight excluding hydrogens is 284 g/mol. The van der Waals surface area contributed by atoms with Crippen molar-refractivity contribution in [1.29, 1.82) is 0 Å². The van der Waals surface area contributed by atoms with Gasteiger partial charge in [0.1, 0.15) is 5.75 Å². The molecule has 0 saturated carbocycles. The Morgan fingerprint density at radius 1 is 1.10 bits per heavy atom. The van der Waals surface area contributed by atoms with Crippen molar-refractivity contribution in [2.45, 2.75) is 11.6 Å². The molecule has 0 aliphatic carbocycles. The van der Waals surface area contributed by atoms with Gasteiger partial charge in [0.25, 0.3) is 0 Å². The summed E-state index contributed by atoms with van der Waals surface area (Å²) in [5.41, 5.74) is 7.37. The van der Waals surface area contributed by atoms with Crippen LogP contribution >= 0.6 is 11.8 Å². The molecule has 3 aromatic rings. The molecule has 0 radical (unpaired) electrons. The fraction of sp³-hybridized carbons (Fsp3) is 0.200. The molecule has 108 valence electrons. The number of pyridine rings is 1. The molecule has 0 saturated heterocycles. The largest absolute Gasteiger partial charge is 0.491 e. The highest BCUT2D eigenvalue weighted by Gasteiger charge is 2.05. The monoisotopic (exact) mass is 300 g/mol. The minimum Gasteiger partial charge on any atom is -0.491 e. The number of hydrogen-bond donors (Lipinski definition) is 1. The second-order valence-electron chi connectivity index (χ2n) is 4.50. The number of anilines is 1. The Kier molecular flexibility index (Phi) is 4.25. The number of nitrogens with zero attached hydrogens (tertiary/aromatic N) is 3. The first kappa shape index (κ1) is 13.8. The third-order valence-electron chi connectivity index (χ3n) is 2.98. The molecule has 1 aromatic carbocycles. The molecule has 21 heavy (non-hydrogen) atoms. The van der Waals surface area contributed by atoms with Crippen LogP contribution in [0.2, 0.25) is 0 Å². The Morgan fingerprint density at radius 3 is 2.86 bits per heavy atom. The third kappa shape index (κ3) is 3.28. The molecule has 0 amide bonds. The third-order valence-corrected chi connectivity index (χ3v) is 4.01. The molecule has 0 atom stereocenters. The number of hydrogen-bond acceptors (Lipinski definition) is 5. The van der Waals surface area contributed by atoms with Crippen molar-refractivity contribution in [3.63, 3.8) is 0 Å². The lowest BCUT2D eigenvalue weighted by atomic mass is 10.3. The number of benzene rings is 1. The average molecular weight is 300 g/mol. The zero-order valence-electron chi connectivity index (χ0n) is 11.5. The van der Waals surface area contributed by atoms with Crippen LogP contribution in [0.4, 0.5) is 5.69 Å². The average Bonchev–Trinajstić information content (AvgIpc) is 2.92. The van der Waals surface area contributed by atoms with Crippen LogP contribution < -0.4 is 10.5 Å². The van der Waals surface area contributed by atoms with E-state index in [9.17, 15) is 0 Å². The first-order chi connectivity index (χ1) is 10.3. The lowest BCUT2D eigenvalue weighted by Gasteiger charge is -2.07. The molecule has 0 bridgehead atoms. The minimum atomic E-state index is 0.637. The van der Waals surface area contributed by atoms with Crippen molar-refractivity contribution in [2.24, 2.45) is 0 Å². The second-order valence-corrected chi connectivity index (χ2v) is 5.56. The van der Waals surface area contributed by atoms with Gasteiger partial charge in [0.05, 0.1) is 12.3 Å². The van der Waals surface area contributed by atoms with Crippen LogP contribution in [0.15, 0.2) is 53.8 Å². The van der Waals surface area contributed by atoms with E-state index in [1.54, 1.807) is 11.8 Å². The lowest BCUT2D eigenvalue weighted by molar-refractivity contribution is 0.320. The van der Waals surface area contributed by atoms with Gasteiger partial charge in [-0.2, -0.15) is 0 Å². The highest BCUT2D eigenvalue weighted by Crippen LogP contribution is 2.21. The summed E-state index contributed by atoms with van der Waals surface area (Å²) in [6.45, 7) is 0.637. The molecule has 3 rings (SSSR count). The van der Waals surface area contributed by atoms with E-state index in [4.69, 9.17) is 10.5 Å². The summed E-state index contributed by atoms with van der Waals surface area (Å²) in [6.07, 6.45) is 2.89. The van der Waals surface area contributed by atoms with Gasteiger partial charge >= 0.3 is 0 Å². The van der Waals surface area contributed by atoms with Gasteiger partial charge in [0.15, 0.2) is 10.8 Å². The maximum absolute atomic E-state index is 5.82. The standard InChI is InChI=1S/C15H16N4OS/c16-12-6-1-2-7-13(12)20-10-5-11-21-15-18-17-14-8-3-4-9-19(14)15/h1-4,6-9H,5,10-11,16H2. The quantitative estimate of drug-likeness (QED) is 0.431. The molecule has 2 heterocycles. The van der Waals surface area contributed by atoms with Gasteiger partial charge < -0.3 is 10.5 Å². The zero-order valence-corrected chi connectivity index (χ0v) is 12.3. The molecule has 0 aliphatic heterocycles. The number of aromatic nitrogens is 3. The maximum Gasteiger partial charge on any atom is 0.195 e. The normalized spacial score (nSPS) is 10.9. The van der Waals surface area contributed by atoms with Crippen LogP contribution in [-0.2, 0) is 0 Å². The van der Waals surface area contributed by atoms with E-state index in [0.29, 0.717) is 12.3 Å². The summed E-state index contributed by atoms with van der Waals surface area (Å²) in [4.78, 5) is 0. The smallest absolute Gasteiger partial charge is 0.195 e. The Labute approximate surface area is 127 Å². The van der Waals surface area contributed by atoms with Gasteiger partial charge in [0.2, 0.25) is 0 Å². The van der Waals surface area contributed by atoms with Crippen molar-refractivity contribution in [3.8, 4) is 5.75 Å². The highest BCUT2D eigenvalue weighted by atomic mass is 32.2. The van der Waals surface area contributed by atoms with E-state index in [1.807, 2.05) is 53.1 Å². The maximum atomic E-state index is 5.82. The van der Waals surface area contributed by atoms with Gasteiger partial charge in [-0.15, -0.1) is 10.2 Å². The molecule has 0 aliphatic rings. The number of fused-ring (bicyclic) bond motifs is 1. The van der Waals surface area contributed by atoms with Gasteiger partial charge in [-0.25, -0.2) is 0 Å². The van der Waals surface area contributed by atoms with Crippen LogP contribution in [-0.4, -0.2) is 27.0 Å². The summed E-state index contributed by atoms with van der Waals surface area (Å²) in [5.74, 6) is 1.66. The first-order valence-electron chi connectivity index (χ1n) is 6.74. The minimum absolute atomic E-state index is 0.637. The fourth-order valence-electron chi connectivity index (χ4n) is 1.93. The predicted molar refractivity (Wildman–Crippen MR) is 84.7 cm³/mol. The van der Waals surface area contributed by atoms with Crippen molar-refractivity contribution in [1.82, 2.24) is 14.6 Å². The van der Waals surface area contributed by atoms with Gasteiger partial charge in [-0.3, -0.25) is 4.40 Å². The summed E-state index contributed by atoms with van der Waals surface area (Å²) < 4.78 is 7.65. The SMILES string of the molecule is Nc1ccccc1OCCCSc1nnc2ccccn12. The lowest BCUT2D eigenvalue weighted by Crippen LogP contribution is -2.01. The van der Waals surface area contributed by atoms with E-state index in [0.717, 1.165) is 28.7 Å². The number of nitrogens with two attached hydrogens (primary N) is 1. The number of thioether (sulfide) groups is 1. The molecule has 2 aromatic heterocycles. The molecule has 6 heteroatoms. The first-order valence-corrected chi connectivity index (χ1v) is 7.73. The van der Waals surface area contributed by atoms with E-state index >= 15 is 0 Å². The number of ether oxygens (including phenoxy) is 1. The number of rotatable bonds is 6. The number of nitrogen functional groups attached to an aromatic ring is 1. The molecular formula is C15H16N4OS. The molecule has 0 fully saturated rings. The fourth-order valence-corrected chi connectivity index (χ4v) is 2.77. The Balaban J connectivity index is 1.47. The van der Waals surface area contributed by atoms with Crippen LogP contribution in [0.3, 0.4) is 0 Å². The topological polar surface area (TPSA) is 65.4 Å². The Hall–Kier alpha value is -2.21. The Morgan fingerprint density at radius 2 is 1.95 bits per heavy atom. The van der Waals surface area contributed by atoms with Gasteiger partial charge in [-0.1, -0.05) is 30.0 Å². The zero-order chi connectivity index (χ0) is 14.5. The van der Waals surface area contributed by atoms with Crippen LogP contribution in [0.1, 0.15) is 6.42 Å². The van der Waals surface area contributed by atoms with Crippen molar-refractivity contribution < 1.29 is 4.74 Å². The van der Waals surface area contributed by atoms with Crippen molar-refractivity contribution in [3.05, 3.63) is 48.7 Å². The molecule has 5 nitrogen and oxygen atoms in total. The highest BCUT2D eigenvalue weighted by molar-refractivity contribution is 7.99. The Bertz CT molecular complexity index is 728. The second kappa shape index (κ2) is 6.49. The summed E-state index contributed by atoms with van der Waals surface area (Å²) in [6, 6.07) is 13.4. The number of para-hydroxylation sites is 2. The van der Waals surface area contributed by atoms with E-state index in [2.05, 4.69) is 10.2 Å².